The van der Waals surface area contributed by atoms with Gasteiger partial charge >= 0.3 is 0 Å². The van der Waals surface area contributed by atoms with Crippen LogP contribution in [0, 0.1) is 0 Å². The van der Waals surface area contributed by atoms with Crippen molar-refractivity contribution in [3.8, 4) is 11.5 Å². The first kappa shape index (κ1) is 15.9. The standard InChI is InChI=1S/C15H21N3O4/c1-15(2)14(20)18(8-13(19)16-3)10-7-12(22-5)11(21-4)6-9(10)17-15/h6-7,17H,8H2,1-5H3,(H,16,19). The Labute approximate surface area is 129 Å². The topological polar surface area (TPSA) is 79.9 Å². The van der Waals surface area contributed by atoms with E-state index in [2.05, 4.69) is 10.6 Å². The van der Waals surface area contributed by atoms with Crippen molar-refractivity contribution in [2.45, 2.75) is 19.4 Å². The maximum Gasteiger partial charge on any atom is 0.252 e. The summed E-state index contributed by atoms with van der Waals surface area (Å²) >= 11 is 0. The Kier molecular flexibility index (Phi) is 4.16. The number of likely N-dealkylation sites (N-methyl/N-ethyl adjacent to an activating group) is 1. The zero-order chi connectivity index (χ0) is 16.5. The highest BCUT2D eigenvalue weighted by atomic mass is 16.5. The lowest BCUT2D eigenvalue weighted by atomic mass is 9.97. The van der Waals surface area contributed by atoms with E-state index in [1.807, 2.05) is 0 Å². The van der Waals surface area contributed by atoms with Gasteiger partial charge in [0, 0.05) is 19.2 Å². The average molecular weight is 307 g/mol. The van der Waals surface area contributed by atoms with Crippen molar-refractivity contribution in [1.82, 2.24) is 5.32 Å². The fraction of sp³-hybridized carbons (Fsp3) is 0.467. The summed E-state index contributed by atoms with van der Waals surface area (Å²) in [7, 11) is 4.61. The van der Waals surface area contributed by atoms with Crippen LogP contribution in [-0.2, 0) is 9.59 Å². The van der Waals surface area contributed by atoms with Crippen molar-refractivity contribution in [2.75, 3.05) is 38.0 Å². The first-order valence-corrected chi connectivity index (χ1v) is 6.90. The molecule has 1 heterocycles. The van der Waals surface area contributed by atoms with Gasteiger partial charge in [0.15, 0.2) is 11.5 Å². The summed E-state index contributed by atoms with van der Waals surface area (Å²) in [5.74, 6) is 0.624. The molecular formula is C15H21N3O4. The molecule has 7 nitrogen and oxygen atoms in total. The minimum absolute atomic E-state index is 0.0527. The van der Waals surface area contributed by atoms with Gasteiger partial charge in [0.05, 0.1) is 25.6 Å². The molecule has 2 rings (SSSR count). The van der Waals surface area contributed by atoms with Gasteiger partial charge in [-0.3, -0.25) is 14.5 Å². The highest BCUT2D eigenvalue weighted by Gasteiger charge is 2.40. The SMILES string of the molecule is CNC(=O)CN1C(=O)C(C)(C)Nc2cc(OC)c(OC)cc21. The molecule has 120 valence electrons. The molecule has 1 aromatic rings. The van der Waals surface area contributed by atoms with Crippen molar-refractivity contribution in [1.29, 1.82) is 0 Å². The summed E-state index contributed by atoms with van der Waals surface area (Å²) in [5, 5.41) is 5.71. The van der Waals surface area contributed by atoms with Crippen molar-refractivity contribution in [3.63, 3.8) is 0 Å². The third-order valence-electron chi connectivity index (χ3n) is 3.60. The fourth-order valence-corrected chi connectivity index (χ4v) is 2.41. The number of hydrogen-bond acceptors (Lipinski definition) is 5. The Hall–Kier alpha value is -2.44. The first-order chi connectivity index (χ1) is 10.3. The molecule has 7 heteroatoms. The number of rotatable bonds is 4. The molecule has 0 radical (unpaired) electrons. The molecule has 0 spiro atoms. The second-order valence-corrected chi connectivity index (χ2v) is 5.54. The summed E-state index contributed by atoms with van der Waals surface area (Å²) < 4.78 is 10.6. The number of hydrogen-bond donors (Lipinski definition) is 2. The van der Waals surface area contributed by atoms with Gasteiger partial charge in [-0.25, -0.2) is 0 Å². The van der Waals surface area contributed by atoms with E-state index in [0.29, 0.717) is 22.9 Å². The molecule has 0 aliphatic carbocycles. The third kappa shape index (κ3) is 2.66. The number of ether oxygens (including phenoxy) is 2. The highest BCUT2D eigenvalue weighted by Crippen LogP contribution is 2.42. The fourth-order valence-electron chi connectivity index (χ4n) is 2.41. The lowest BCUT2D eigenvalue weighted by Crippen LogP contribution is -2.55. The highest BCUT2D eigenvalue weighted by molar-refractivity contribution is 6.10. The molecule has 0 atom stereocenters. The quantitative estimate of drug-likeness (QED) is 0.867. The molecule has 0 unspecified atom stereocenters. The summed E-state index contributed by atoms with van der Waals surface area (Å²) in [5.41, 5.74) is 0.484. The Morgan fingerprint density at radius 1 is 1.27 bits per heavy atom. The number of nitrogens with one attached hydrogen (secondary N) is 2. The number of carbonyl (C=O) groups excluding carboxylic acids is 2. The third-order valence-corrected chi connectivity index (χ3v) is 3.60. The van der Waals surface area contributed by atoms with Gasteiger partial charge in [-0.1, -0.05) is 0 Å². The van der Waals surface area contributed by atoms with Gasteiger partial charge in [-0.05, 0) is 13.8 Å². The van der Waals surface area contributed by atoms with E-state index in [0.717, 1.165) is 0 Å². The summed E-state index contributed by atoms with van der Waals surface area (Å²) in [4.78, 5) is 25.8. The molecular weight excluding hydrogens is 286 g/mol. The molecule has 0 aromatic heterocycles. The summed E-state index contributed by atoms with van der Waals surface area (Å²) in [6, 6.07) is 3.45. The second-order valence-electron chi connectivity index (χ2n) is 5.54. The zero-order valence-corrected chi connectivity index (χ0v) is 13.4. The molecule has 1 aliphatic rings. The number of anilines is 2. The van der Waals surface area contributed by atoms with Gasteiger partial charge in [-0.2, -0.15) is 0 Å². The normalized spacial score (nSPS) is 15.7. The van der Waals surface area contributed by atoms with Crippen LogP contribution in [0.4, 0.5) is 11.4 Å². The zero-order valence-electron chi connectivity index (χ0n) is 13.4. The lowest BCUT2D eigenvalue weighted by molar-refractivity contribution is -0.125. The van der Waals surface area contributed by atoms with Gasteiger partial charge in [0.25, 0.3) is 5.91 Å². The van der Waals surface area contributed by atoms with Crippen LogP contribution in [0.25, 0.3) is 0 Å². The minimum Gasteiger partial charge on any atom is -0.493 e. The molecule has 1 aromatic carbocycles. The maximum atomic E-state index is 12.6. The molecule has 0 saturated heterocycles. The molecule has 0 fully saturated rings. The van der Waals surface area contributed by atoms with Crippen LogP contribution in [0.1, 0.15) is 13.8 Å². The Morgan fingerprint density at radius 2 is 1.86 bits per heavy atom. The summed E-state index contributed by atoms with van der Waals surface area (Å²) in [6.45, 7) is 3.49. The van der Waals surface area contributed by atoms with Crippen LogP contribution < -0.4 is 25.0 Å². The van der Waals surface area contributed by atoms with Crippen LogP contribution in [0.15, 0.2) is 12.1 Å². The Morgan fingerprint density at radius 3 is 2.41 bits per heavy atom. The number of benzene rings is 1. The first-order valence-electron chi connectivity index (χ1n) is 6.90. The van der Waals surface area contributed by atoms with E-state index in [-0.39, 0.29) is 18.4 Å². The van der Waals surface area contributed by atoms with Gasteiger partial charge in [0.2, 0.25) is 5.91 Å². The van der Waals surface area contributed by atoms with Crippen LogP contribution in [0.5, 0.6) is 11.5 Å². The van der Waals surface area contributed by atoms with Crippen LogP contribution in [0.3, 0.4) is 0 Å². The molecule has 0 bridgehead atoms. The summed E-state index contributed by atoms with van der Waals surface area (Å²) in [6.07, 6.45) is 0. The maximum absolute atomic E-state index is 12.6. The Balaban J connectivity index is 2.56. The second kappa shape index (κ2) is 5.75. The van der Waals surface area contributed by atoms with E-state index in [4.69, 9.17) is 9.47 Å². The molecule has 22 heavy (non-hydrogen) atoms. The van der Waals surface area contributed by atoms with Crippen molar-refractivity contribution >= 4 is 23.2 Å². The van der Waals surface area contributed by atoms with Crippen LogP contribution >= 0.6 is 0 Å². The van der Waals surface area contributed by atoms with Crippen molar-refractivity contribution in [2.24, 2.45) is 0 Å². The monoisotopic (exact) mass is 307 g/mol. The number of methoxy groups -OCH3 is 2. The number of nitrogens with zero attached hydrogens (tertiary/aromatic N) is 1. The van der Waals surface area contributed by atoms with Gasteiger partial charge in [-0.15, -0.1) is 0 Å². The predicted molar refractivity (Wildman–Crippen MR) is 83.7 cm³/mol. The number of carbonyl (C=O) groups is 2. The molecule has 0 saturated carbocycles. The van der Waals surface area contributed by atoms with E-state index in [1.54, 1.807) is 33.1 Å². The van der Waals surface area contributed by atoms with E-state index in [1.165, 1.54) is 19.1 Å². The largest absolute Gasteiger partial charge is 0.493 e. The van der Waals surface area contributed by atoms with E-state index < -0.39 is 5.54 Å². The Bertz CT molecular complexity index is 613. The van der Waals surface area contributed by atoms with E-state index >= 15 is 0 Å². The molecule has 2 amide bonds. The molecule has 2 N–H and O–H groups in total. The average Bonchev–Trinajstić information content (AvgIpc) is 2.50. The smallest absolute Gasteiger partial charge is 0.252 e. The van der Waals surface area contributed by atoms with Crippen LogP contribution in [0.2, 0.25) is 0 Å². The van der Waals surface area contributed by atoms with Gasteiger partial charge < -0.3 is 20.1 Å². The lowest BCUT2D eigenvalue weighted by Gasteiger charge is -2.39. The van der Waals surface area contributed by atoms with Crippen molar-refractivity contribution in [3.05, 3.63) is 12.1 Å². The number of fused-ring (bicyclic) bond motifs is 1. The van der Waals surface area contributed by atoms with Crippen molar-refractivity contribution < 1.29 is 19.1 Å². The van der Waals surface area contributed by atoms with E-state index in [9.17, 15) is 9.59 Å². The minimum atomic E-state index is -0.819. The van der Waals surface area contributed by atoms with Crippen LogP contribution in [-0.4, -0.2) is 45.2 Å². The molecule has 1 aliphatic heterocycles. The predicted octanol–water partition coefficient (Wildman–Crippen LogP) is 0.987. The van der Waals surface area contributed by atoms with Gasteiger partial charge in [0.1, 0.15) is 12.1 Å². The number of amides is 2.